The molecule has 3 aromatic carbocycles. The van der Waals surface area contributed by atoms with E-state index in [0.29, 0.717) is 11.6 Å². The summed E-state index contributed by atoms with van der Waals surface area (Å²) in [6, 6.07) is 26.5. The lowest BCUT2D eigenvalue weighted by molar-refractivity contribution is -0.114. The molecule has 7 heteroatoms. The molecule has 0 atom stereocenters. The number of rotatable bonds is 5. The van der Waals surface area contributed by atoms with E-state index in [9.17, 15) is 4.79 Å². The van der Waals surface area contributed by atoms with Gasteiger partial charge < -0.3 is 4.57 Å². The Hall–Kier alpha value is -4.23. The van der Waals surface area contributed by atoms with Gasteiger partial charge in [-0.05, 0) is 47.5 Å². The van der Waals surface area contributed by atoms with Gasteiger partial charge in [-0.1, -0.05) is 72.8 Å². The molecular weight excluding hydrogens is 466 g/mol. The molecule has 0 fully saturated rings. The Balaban J connectivity index is 1.34. The highest BCUT2D eigenvalue weighted by atomic mass is 32.2. The Morgan fingerprint density at radius 2 is 1.72 bits per heavy atom. The number of hydrogen-bond acceptors (Lipinski definition) is 4. The zero-order chi connectivity index (χ0) is 24.6. The lowest BCUT2D eigenvalue weighted by Gasteiger charge is -2.20. The average molecular weight is 490 g/mol. The lowest BCUT2D eigenvalue weighted by Crippen LogP contribution is -2.35. The Labute approximate surface area is 213 Å². The van der Waals surface area contributed by atoms with Crippen molar-refractivity contribution in [3.8, 4) is 0 Å². The van der Waals surface area contributed by atoms with Gasteiger partial charge in [0.15, 0.2) is 5.84 Å². The van der Waals surface area contributed by atoms with E-state index in [1.54, 1.807) is 6.08 Å². The molecular formula is C29H23N5OS. The fourth-order valence-corrected chi connectivity index (χ4v) is 5.44. The number of aryl methyl sites for hydroxylation is 1. The van der Waals surface area contributed by atoms with Crippen LogP contribution in [0.5, 0.6) is 0 Å². The van der Waals surface area contributed by atoms with Crippen LogP contribution in [0, 0.1) is 12.3 Å². The number of amides is 1. The van der Waals surface area contributed by atoms with Gasteiger partial charge in [-0.15, -0.1) is 0 Å². The van der Waals surface area contributed by atoms with Crippen LogP contribution >= 0.6 is 11.8 Å². The number of thioether (sulfide) groups is 1. The van der Waals surface area contributed by atoms with Crippen LogP contribution in [-0.4, -0.2) is 31.5 Å². The van der Waals surface area contributed by atoms with Crippen LogP contribution in [-0.2, 0) is 17.8 Å². The fourth-order valence-electron chi connectivity index (χ4n) is 4.52. The molecule has 6 rings (SSSR count). The summed E-state index contributed by atoms with van der Waals surface area (Å²) in [5, 5.41) is 17.1. The number of carbonyl (C=O) groups is 1. The van der Waals surface area contributed by atoms with Crippen LogP contribution in [0.4, 0.5) is 0 Å². The number of benzene rings is 3. The zero-order valence-corrected chi connectivity index (χ0v) is 20.5. The molecule has 0 saturated carbocycles. The molecule has 176 valence electrons. The highest BCUT2D eigenvalue weighted by Gasteiger charge is 2.35. The van der Waals surface area contributed by atoms with E-state index >= 15 is 0 Å². The number of fused-ring (bicyclic) bond motifs is 2. The third-order valence-corrected chi connectivity index (χ3v) is 7.32. The van der Waals surface area contributed by atoms with E-state index in [1.165, 1.54) is 27.9 Å². The molecule has 2 aliphatic rings. The molecule has 1 N–H and O–H groups in total. The molecule has 0 radical (unpaired) electrons. The van der Waals surface area contributed by atoms with E-state index in [1.807, 2.05) is 60.8 Å². The minimum absolute atomic E-state index is 0.0521. The van der Waals surface area contributed by atoms with Crippen LogP contribution < -0.4 is 0 Å². The zero-order valence-electron chi connectivity index (χ0n) is 19.7. The number of carbonyl (C=O) groups excluding carboxylic acids is 1. The summed E-state index contributed by atoms with van der Waals surface area (Å²) in [6.07, 6.45) is 4.46. The van der Waals surface area contributed by atoms with Crippen molar-refractivity contribution in [1.29, 1.82) is 5.41 Å². The van der Waals surface area contributed by atoms with Gasteiger partial charge in [0.2, 0.25) is 5.17 Å². The maximum atomic E-state index is 13.0. The molecule has 36 heavy (non-hydrogen) atoms. The summed E-state index contributed by atoms with van der Waals surface area (Å²) < 4.78 is 2.19. The second kappa shape index (κ2) is 9.09. The topological polar surface area (TPSA) is 73.8 Å². The fraction of sp³-hybridized carbons (Fsp3) is 0.103. The first-order valence-electron chi connectivity index (χ1n) is 11.7. The Kier molecular flexibility index (Phi) is 5.62. The number of nitrogens with one attached hydrogen (secondary N) is 1. The normalized spacial score (nSPS) is 16.5. The number of hydrazone groups is 1. The number of nitrogens with zero attached hydrogens (tertiary/aromatic N) is 4. The van der Waals surface area contributed by atoms with Crippen molar-refractivity contribution in [3.63, 3.8) is 0 Å². The summed E-state index contributed by atoms with van der Waals surface area (Å²) >= 11 is 1.35. The highest BCUT2D eigenvalue weighted by Crippen LogP contribution is 2.31. The molecule has 1 aromatic heterocycles. The summed E-state index contributed by atoms with van der Waals surface area (Å²) in [6.45, 7) is 2.84. The van der Waals surface area contributed by atoms with Crippen LogP contribution in [0.3, 0.4) is 0 Å². The molecule has 4 aromatic rings. The van der Waals surface area contributed by atoms with Crippen molar-refractivity contribution in [1.82, 2.24) is 9.58 Å². The number of amidine groups is 2. The Morgan fingerprint density at radius 1 is 0.972 bits per heavy atom. The Bertz CT molecular complexity index is 1610. The van der Waals surface area contributed by atoms with Crippen molar-refractivity contribution >= 4 is 50.7 Å². The van der Waals surface area contributed by atoms with Crippen molar-refractivity contribution in [2.45, 2.75) is 19.9 Å². The molecule has 3 heterocycles. The first kappa shape index (κ1) is 22.2. The molecule has 0 aliphatic carbocycles. The third-order valence-electron chi connectivity index (χ3n) is 6.42. The van der Waals surface area contributed by atoms with Gasteiger partial charge >= 0.3 is 0 Å². The third kappa shape index (κ3) is 4.07. The van der Waals surface area contributed by atoms with Crippen molar-refractivity contribution in [3.05, 3.63) is 113 Å². The molecule has 6 nitrogen and oxygen atoms in total. The average Bonchev–Trinajstić information content (AvgIpc) is 3.45. The molecule has 0 spiro atoms. The second-order valence-electron chi connectivity index (χ2n) is 8.83. The van der Waals surface area contributed by atoms with Crippen LogP contribution in [0.15, 0.2) is 101 Å². The second-order valence-corrected chi connectivity index (χ2v) is 9.87. The number of hydrogen-bond donors (Lipinski definition) is 1. The van der Waals surface area contributed by atoms with E-state index in [2.05, 4.69) is 45.9 Å². The minimum Gasteiger partial charge on any atom is -0.342 e. The molecule has 0 unspecified atom stereocenters. The number of aliphatic imine (C=N–C) groups is 1. The highest BCUT2D eigenvalue weighted by molar-refractivity contribution is 8.26. The van der Waals surface area contributed by atoms with Gasteiger partial charge in [0.05, 0.1) is 5.57 Å². The summed E-state index contributed by atoms with van der Waals surface area (Å²) in [4.78, 5) is 17.3. The van der Waals surface area contributed by atoms with E-state index in [-0.39, 0.29) is 11.4 Å². The molecule has 0 bridgehead atoms. The maximum Gasteiger partial charge on any atom is 0.283 e. The van der Waals surface area contributed by atoms with Gasteiger partial charge in [0.1, 0.15) is 5.04 Å². The summed E-state index contributed by atoms with van der Waals surface area (Å²) in [5.41, 5.74) is 5.79. The van der Waals surface area contributed by atoms with Gasteiger partial charge in [-0.3, -0.25) is 10.2 Å². The quantitative estimate of drug-likeness (QED) is 0.357. The minimum atomic E-state index is -0.411. The van der Waals surface area contributed by atoms with E-state index in [4.69, 9.17) is 5.41 Å². The van der Waals surface area contributed by atoms with E-state index in [0.717, 1.165) is 33.6 Å². The number of aromatic nitrogens is 1. The van der Waals surface area contributed by atoms with Crippen molar-refractivity contribution < 1.29 is 4.79 Å². The van der Waals surface area contributed by atoms with Crippen LogP contribution in [0.2, 0.25) is 0 Å². The first-order chi connectivity index (χ1) is 17.6. The molecule has 2 aliphatic heterocycles. The van der Waals surface area contributed by atoms with E-state index < -0.39 is 5.91 Å². The van der Waals surface area contributed by atoms with Crippen LogP contribution in [0.25, 0.3) is 17.0 Å². The smallest absolute Gasteiger partial charge is 0.283 e. The first-order valence-corrected chi connectivity index (χ1v) is 12.5. The largest absolute Gasteiger partial charge is 0.342 e. The predicted octanol–water partition coefficient (Wildman–Crippen LogP) is 5.86. The standard InChI is InChI=1S/C29H23N5OS/c1-19-9-5-6-12-21(19)17-33-18-22(23-13-7-8-14-25(23)33)16-24-27(30)34-29(31-28(24)35)36-26(32-34)15-20-10-3-2-4-11-20/h2-14,16,18,30H,15,17H2,1H3. The maximum absolute atomic E-state index is 13.0. The summed E-state index contributed by atoms with van der Waals surface area (Å²) in [5.74, 6) is -0.359. The lowest BCUT2D eigenvalue weighted by atomic mass is 10.1. The van der Waals surface area contributed by atoms with Crippen LogP contribution in [0.1, 0.15) is 22.3 Å². The predicted molar refractivity (Wildman–Crippen MR) is 147 cm³/mol. The van der Waals surface area contributed by atoms with Crippen molar-refractivity contribution in [2.75, 3.05) is 0 Å². The van der Waals surface area contributed by atoms with Gasteiger partial charge in [-0.2, -0.15) is 15.1 Å². The summed E-state index contributed by atoms with van der Waals surface area (Å²) in [7, 11) is 0. The van der Waals surface area contributed by atoms with Crippen molar-refractivity contribution in [2.24, 2.45) is 10.1 Å². The van der Waals surface area contributed by atoms with Gasteiger partial charge in [0.25, 0.3) is 5.91 Å². The SMILES string of the molecule is Cc1ccccc1Cn1cc(C=C2C(=N)N3N=C(Cc4ccccc4)SC3=NC2=O)c2ccccc21. The Morgan fingerprint density at radius 3 is 2.56 bits per heavy atom. The molecule has 1 amide bonds. The van der Waals surface area contributed by atoms with Gasteiger partial charge in [0, 0.05) is 35.6 Å². The molecule has 0 saturated heterocycles. The number of para-hydroxylation sites is 1. The monoisotopic (exact) mass is 489 g/mol. The van der Waals surface area contributed by atoms with Gasteiger partial charge in [-0.25, -0.2) is 0 Å².